The summed E-state index contributed by atoms with van der Waals surface area (Å²) in [6.07, 6.45) is 0. The van der Waals surface area contributed by atoms with Gasteiger partial charge in [0, 0.05) is 24.8 Å². The molecular formula is C22H21FN6O2. The van der Waals surface area contributed by atoms with Gasteiger partial charge in [-0.2, -0.15) is 15.4 Å². The molecule has 2 aromatic carbocycles. The Hall–Kier alpha value is -4.03. The predicted octanol–water partition coefficient (Wildman–Crippen LogP) is 3.32. The van der Waals surface area contributed by atoms with Crippen LogP contribution >= 0.6 is 0 Å². The lowest BCUT2D eigenvalue weighted by Crippen LogP contribution is -2.40. The van der Waals surface area contributed by atoms with Crippen LogP contribution in [-0.2, 0) is 4.74 Å². The Balaban J connectivity index is 1.81. The maximum atomic E-state index is 13.1. The number of halogens is 1. The van der Waals surface area contributed by atoms with E-state index in [-0.39, 0.29) is 17.8 Å². The van der Waals surface area contributed by atoms with E-state index >= 15 is 0 Å². The molecule has 0 unspecified atom stereocenters. The summed E-state index contributed by atoms with van der Waals surface area (Å²) in [5.74, 6) is -0.203. The third-order valence-electron chi connectivity index (χ3n) is 4.25. The Labute approximate surface area is 178 Å². The topological polar surface area (TPSA) is 115 Å². The van der Waals surface area contributed by atoms with E-state index in [0.717, 1.165) is 5.56 Å². The molecule has 158 valence electrons. The highest BCUT2D eigenvalue weighted by molar-refractivity contribution is 6.06. The molecule has 1 aromatic heterocycles. The third-order valence-corrected chi connectivity index (χ3v) is 4.25. The smallest absolute Gasteiger partial charge is 0.280 e. The van der Waals surface area contributed by atoms with E-state index in [1.165, 1.54) is 12.1 Å². The first-order valence-electron chi connectivity index (χ1n) is 9.45. The first kappa shape index (κ1) is 21.7. The van der Waals surface area contributed by atoms with Crippen LogP contribution in [0.5, 0.6) is 0 Å². The number of nitrogens with zero attached hydrogens (tertiary/aromatic N) is 3. The van der Waals surface area contributed by atoms with Gasteiger partial charge in [0.25, 0.3) is 5.91 Å². The van der Waals surface area contributed by atoms with Crippen molar-refractivity contribution >= 4 is 17.7 Å². The van der Waals surface area contributed by atoms with Crippen molar-refractivity contribution in [1.29, 1.82) is 5.26 Å². The largest absolute Gasteiger partial charge is 0.383 e. The minimum atomic E-state index is -0.488. The summed E-state index contributed by atoms with van der Waals surface area (Å²) in [5.41, 5.74) is 2.23. The van der Waals surface area contributed by atoms with Gasteiger partial charge < -0.3 is 15.4 Å². The standard InChI is InChI=1S/C22H21FN6O2/c1-14(13-31-2)25-22(27-21(30)17-5-3-15(12-24)4-6-17)26-20-11-19(28-29-20)16-7-9-18(23)10-8-16/h3-11,14H,13H2,1-2H3,(H3,25,26,27,28,29,30)/t14-/m0/s1. The average Bonchev–Trinajstić information content (AvgIpc) is 3.22. The normalized spacial score (nSPS) is 12.1. The Morgan fingerprint density at radius 1 is 1.26 bits per heavy atom. The second-order valence-electron chi connectivity index (χ2n) is 6.75. The zero-order chi connectivity index (χ0) is 22.2. The number of carbonyl (C=O) groups excluding carboxylic acids is 1. The number of hydrogen-bond donors (Lipinski definition) is 3. The second-order valence-corrected chi connectivity index (χ2v) is 6.75. The zero-order valence-corrected chi connectivity index (χ0v) is 17.0. The highest BCUT2D eigenvalue weighted by atomic mass is 19.1. The first-order chi connectivity index (χ1) is 15.0. The minimum Gasteiger partial charge on any atom is -0.383 e. The lowest BCUT2D eigenvalue weighted by Gasteiger charge is -2.16. The minimum absolute atomic E-state index is 0.138. The van der Waals surface area contributed by atoms with Gasteiger partial charge >= 0.3 is 0 Å². The van der Waals surface area contributed by atoms with Crippen LogP contribution in [0.4, 0.5) is 10.2 Å². The van der Waals surface area contributed by atoms with Gasteiger partial charge in [-0.1, -0.05) is 0 Å². The molecule has 1 atom stereocenters. The Morgan fingerprint density at radius 3 is 2.61 bits per heavy atom. The quantitative estimate of drug-likeness (QED) is 0.416. The summed E-state index contributed by atoms with van der Waals surface area (Å²) in [6.45, 7) is 2.27. The van der Waals surface area contributed by atoms with Gasteiger partial charge in [-0.05, 0) is 61.0 Å². The SMILES string of the molecule is COC[C@H](C)N/C(=N/C(=O)c1ccc(C#N)cc1)Nc1cc(-c2ccc(F)cc2)[nH]n1. The molecule has 0 aliphatic carbocycles. The number of aromatic nitrogens is 2. The summed E-state index contributed by atoms with van der Waals surface area (Å²) in [6, 6.07) is 15.8. The van der Waals surface area contributed by atoms with Crippen LogP contribution in [-0.4, -0.2) is 41.8 Å². The van der Waals surface area contributed by atoms with Crippen molar-refractivity contribution in [1.82, 2.24) is 15.5 Å². The highest BCUT2D eigenvalue weighted by Crippen LogP contribution is 2.20. The van der Waals surface area contributed by atoms with Crippen molar-refractivity contribution in [3.63, 3.8) is 0 Å². The van der Waals surface area contributed by atoms with Crippen molar-refractivity contribution in [2.45, 2.75) is 13.0 Å². The molecular weight excluding hydrogens is 399 g/mol. The fraction of sp³-hybridized carbons (Fsp3) is 0.182. The molecule has 9 heteroatoms. The Bertz CT molecular complexity index is 1100. The number of methoxy groups -OCH3 is 1. The van der Waals surface area contributed by atoms with E-state index in [4.69, 9.17) is 10.00 Å². The molecule has 0 spiro atoms. The van der Waals surface area contributed by atoms with Gasteiger partial charge in [0.05, 0.1) is 23.9 Å². The number of amides is 1. The van der Waals surface area contributed by atoms with E-state index < -0.39 is 5.91 Å². The summed E-state index contributed by atoms with van der Waals surface area (Å²) in [7, 11) is 1.58. The lowest BCUT2D eigenvalue weighted by molar-refractivity contribution is 0.100. The Kier molecular flexibility index (Phi) is 7.09. The summed E-state index contributed by atoms with van der Waals surface area (Å²) < 4.78 is 18.3. The zero-order valence-electron chi connectivity index (χ0n) is 17.0. The van der Waals surface area contributed by atoms with Gasteiger partial charge in [0.2, 0.25) is 5.96 Å². The van der Waals surface area contributed by atoms with Crippen molar-refractivity contribution in [2.24, 2.45) is 4.99 Å². The molecule has 0 fully saturated rings. The number of nitrogens with one attached hydrogen (secondary N) is 3. The molecule has 3 N–H and O–H groups in total. The maximum Gasteiger partial charge on any atom is 0.280 e. The van der Waals surface area contributed by atoms with E-state index in [0.29, 0.717) is 29.2 Å². The molecule has 0 saturated carbocycles. The van der Waals surface area contributed by atoms with E-state index in [9.17, 15) is 9.18 Å². The van der Waals surface area contributed by atoms with Gasteiger partial charge in [0.1, 0.15) is 5.82 Å². The molecule has 1 heterocycles. The van der Waals surface area contributed by atoms with Crippen molar-refractivity contribution in [3.8, 4) is 17.3 Å². The number of carbonyl (C=O) groups is 1. The number of benzene rings is 2. The number of rotatable bonds is 6. The van der Waals surface area contributed by atoms with Crippen LogP contribution in [0.25, 0.3) is 11.3 Å². The van der Waals surface area contributed by atoms with E-state index in [1.54, 1.807) is 49.6 Å². The molecule has 3 aromatic rings. The molecule has 8 nitrogen and oxygen atoms in total. The average molecular weight is 420 g/mol. The summed E-state index contributed by atoms with van der Waals surface area (Å²) in [4.78, 5) is 16.7. The van der Waals surface area contributed by atoms with Crippen molar-refractivity contribution in [2.75, 3.05) is 19.0 Å². The summed E-state index contributed by atoms with van der Waals surface area (Å²) >= 11 is 0. The number of aliphatic imine (C=N–C) groups is 1. The molecule has 0 aliphatic heterocycles. The number of ether oxygens (including phenoxy) is 1. The second kappa shape index (κ2) is 10.1. The van der Waals surface area contributed by atoms with Crippen LogP contribution in [0.15, 0.2) is 59.6 Å². The van der Waals surface area contributed by atoms with Gasteiger partial charge in [-0.25, -0.2) is 4.39 Å². The summed E-state index contributed by atoms with van der Waals surface area (Å²) in [5, 5.41) is 22.0. The monoisotopic (exact) mass is 420 g/mol. The van der Waals surface area contributed by atoms with Gasteiger partial charge in [-0.3, -0.25) is 9.89 Å². The number of anilines is 1. The van der Waals surface area contributed by atoms with E-state index in [1.807, 2.05) is 13.0 Å². The van der Waals surface area contributed by atoms with Crippen LogP contribution in [0.3, 0.4) is 0 Å². The molecule has 3 rings (SSSR count). The number of H-pyrrole nitrogens is 1. The van der Waals surface area contributed by atoms with E-state index in [2.05, 4.69) is 25.8 Å². The fourth-order valence-electron chi connectivity index (χ4n) is 2.76. The number of aromatic amines is 1. The molecule has 0 saturated heterocycles. The molecule has 1 amide bonds. The maximum absolute atomic E-state index is 13.1. The number of hydrogen-bond acceptors (Lipinski definition) is 4. The van der Waals surface area contributed by atoms with Crippen molar-refractivity contribution in [3.05, 3.63) is 71.5 Å². The fourth-order valence-corrected chi connectivity index (χ4v) is 2.76. The number of nitriles is 1. The Morgan fingerprint density at radius 2 is 1.97 bits per heavy atom. The van der Waals surface area contributed by atoms with Crippen LogP contribution in [0.1, 0.15) is 22.8 Å². The van der Waals surface area contributed by atoms with Crippen LogP contribution in [0, 0.1) is 17.1 Å². The lowest BCUT2D eigenvalue weighted by atomic mass is 10.1. The van der Waals surface area contributed by atoms with Crippen LogP contribution in [0.2, 0.25) is 0 Å². The number of guanidine groups is 1. The predicted molar refractivity (Wildman–Crippen MR) is 115 cm³/mol. The molecule has 31 heavy (non-hydrogen) atoms. The van der Waals surface area contributed by atoms with Gasteiger partial charge in [0.15, 0.2) is 5.82 Å². The third kappa shape index (κ3) is 5.98. The van der Waals surface area contributed by atoms with Crippen LogP contribution < -0.4 is 10.6 Å². The van der Waals surface area contributed by atoms with Crippen molar-refractivity contribution < 1.29 is 13.9 Å². The highest BCUT2D eigenvalue weighted by Gasteiger charge is 2.12. The molecule has 0 aliphatic rings. The molecule has 0 radical (unpaired) electrons. The molecule has 0 bridgehead atoms. The van der Waals surface area contributed by atoms with Gasteiger partial charge in [-0.15, -0.1) is 0 Å². The first-order valence-corrected chi connectivity index (χ1v) is 9.45.